The van der Waals surface area contributed by atoms with E-state index in [4.69, 9.17) is 40.1 Å². The molecule has 0 radical (unpaired) electrons. The molecule has 0 amide bonds. The number of terminal acetylenes is 1. The Labute approximate surface area is 261 Å². The van der Waals surface area contributed by atoms with Crippen molar-refractivity contribution in [2.24, 2.45) is 0 Å². The van der Waals surface area contributed by atoms with Crippen LogP contribution in [0.5, 0.6) is 28.9 Å². The first kappa shape index (κ1) is 28.3. The minimum atomic E-state index is -1.90. The second-order valence-electron chi connectivity index (χ2n) is 10.8. The summed E-state index contributed by atoms with van der Waals surface area (Å²) in [5.41, 5.74) is 0.197. The van der Waals surface area contributed by atoms with Crippen molar-refractivity contribution in [2.45, 2.75) is 17.1 Å². The van der Waals surface area contributed by atoms with Crippen LogP contribution in [0.2, 0.25) is 0 Å². The third-order valence-electron chi connectivity index (χ3n) is 8.59. The minimum absolute atomic E-state index is 0.0366. The molecule has 0 saturated carbocycles. The van der Waals surface area contributed by atoms with Crippen molar-refractivity contribution >= 4 is 0 Å². The van der Waals surface area contributed by atoms with Crippen LogP contribution < -0.4 is 23.7 Å². The molecular weight excluding hydrogens is 568 g/mol. The van der Waals surface area contributed by atoms with Crippen molar-refractivity contribution in [3.8, 4) is 52.6 Å². The summed E-state index contributed by atoms with van der Waals surface area (Å²) in [5.74, 6) is 4.49. The number of aliphatic hydroxyl groups is 1. The van der Waals surface area contributed by atoms with E-state index in [1.165, 1.54) is 0 Å². The van der Waals surface area contributed by atoms with Gasteiger partial charge >= 0.3 is 0 Å². The molecule has 2 heterocycles. The van der Waals surface area contributed by atoms with Crippen LogP contribution in [-0.2, 0) is 11.2 Å². The van der Waals surface area contributed by atoms with Gasteiger partial charge in [-0.25, -0.2) is 4.98 Å². The Bertz CT molecular complexity index is 1920. The fourth-order valence-corrected chi connectivity index (χ4v) is 6.72. The lowest BCUT2D eigenvalue weighted by Crippen LogP contribution is -2.49. The lowest BCUT2D eigenvalue weighted by Gasteiger charge is -2.40. The summed E-state index contributed by atoms with van der Waals surface area (Å²) in [6, 6.07) is 30.3. The van der Waals surface area contributed by atoms with Gasteiger partial charge in [0.05, 0.1) is 44.1 Å². The van der Waals surface area contributed by atoms with Gasteiger partial charge in [0.15, 0.2) is 23.6 Å². The number of fused-ring (bicyclic) bond motifs is 5. The SMILES string of the molecule is C#CCOc1nc(-c2ccccc2)nc2c1[C@@H](c1ccccc1)[C@]1(c3ccc(OC)cc3)Oc3cc(OC)cc(OC)c3[C@]21O. The van der Waals surface area contributed by atoms with Crippen LogP contribution in [0.4, 0.5) is 0 Å². The molecule has 1 aromatic heterocycles. The van der Waals surface area contributed by atoms with E-state index in [1.54, 1.807) is 33.5 Å². The van der Waals surface area contributed by atoms with Crippen LogP contribution in [0.15, 0.2) is 97.1 Å². The Morgan fingerprint density at radius 2 is 1.53 bits per heavy atom. The summed E-state index contributed by atoms with van der Waals surface area (Å²) in [4.78, 5) is 10.0. The molecular formula is C37H30N2O6. The molecule has 224 valence electrons. The number of rotatable bonds is 8. The first-order valence-corrected chi connectivity index (χ1v) is 14.4. The van der Waals surface area contributed by atoms with Gasteiger partial charge in [0.25, 0.3) is 0 Å². The van der Waals surface area contributed by atoms with Crippen LogP contribution in [0.1, 0.15) is 33.9 Å². The minimum Gasteiger partial charge on any atom is -0.497 e. The van der Waals surface area contributed by atoms with E-state index in [1.807, 2.05) is 84.9 Å². The maximum absolute atomic E-state index is 13.6. The molecule has 0 bridgehead atoms. The van der Waals surface area contributed by atoms with Gasteiger partial charge in [-0.2, -0.15) is 4.98 Å². The number of aromatic nitrogens is 2. The Kier molecular flexibility index (Phi) is 6.83. The Balaban J connectivity index is 1.65. The molecule has 7 rings (SSSR count). The van der Waals surface area contributed by atoms with Crippen molar-refractivity contribution in [1.29, 1.82) is 0 Å². The van der Waals surface area contributed by atoms with Crippen LogP contribution in [0.25, 0.3) is 11.4 Å². The van der Waals surface area contributed by atoms with Crippen molar-refractivity contribution in [1.82, 2.24) is 9.97 Å². The lowest BCUT2D eigenvalue weighted by atomic mass is 9.70. The highest BCUT2D eigenvalue weighted by atomic mass is 16.5. The summed E-state index contributed by atoms with van der Waals surface area (Å²) in [7, 11) is 4.73. The predicted octanol–water partition coefficient (Wildman–Crippen LogP) is 5.85. The van der Waals surface area contributed by atoms with Gasteiger partial charge in [-0.3, -0.25) is 0 Å². The highest BCUT2D eigenvalue weighted by Gasteiger charge is 2.74. The molecule has 1 aliphatic heterocycles. The second kappa shape index (κ2) is 10.9. The smallest absolute Gasteiger partial charge is 0.222 e. The summed E-state index contributed by atoms with van der Waals surface area (Å²) < 4.78 is 30.3. The van der Waals surface area contributed by atoms with Gasteiger partial charge in [-0.15, -0.1) is 6.42 Å². The van der Waals surface area contributed by atoms with Crippen molar-refractivity contribution < 1.29 is 28.8 Å². The molecule has 2 aliphatic rings. The van der Waals surface area contributed by atoms with Crippen LogP contribution in [-0.4, -0.2) is 43.0 Å². The lowest BCUT2D eigenvalue weighted by molar-refractivity contribution is -0.0909. The molecule has 1 aliphatic carbocycles. The zero-order valence-corrected chi connectivity index (χ0v) is 25.0. The van der Waals surface area contributed by atoms with Crippen molar-refractivity contribution in [2.75, 3.05) is 27.9 Å². The maximum Gasteiger partial charge on any atom is 0.222 e. The number of methoxy groups -OCH3 is 3. The van der Waals surface area contributed by atoms with Crippen molar-refractivity contribution in [3.05, 3.63) is 125 Å². The molecule has 8 heteroatoms. The van der Waals surface area contributed by atoms with Crippen molar-refractivity contribution in [3.63, 3.8) is 0 Å². The third kappa shape index (κ3) is 4.05. The summed E-state index contributed by atoms with van der Waals surface area (Å²) in [6.07, 6.45) is 5.67. The fraction of sp³-hybridized carbons (Fsp3) is 0.189. The van der Waals surface area contributed by atoms with Gasteiger partial charge in [-0.1, -0.05) is 78.7 Å². The molecule has 1 N–H and O–H groups in total. The number of hydrogen-bond acceptors (Lipinski definition) is 8. The van der Waals surface area contributed by atoms with Gasteiger partial charge in [0.2, 0.25) is 5.88 Å². The van der Waals surface area contributed by atoms with Gasteiger partial charge in [0.1, 0.15) is 23.0 Å². The summed E-state index contributed by atoms with van der Waals surface area (Å²) in [5, 5.41) is 13.6. The first-order chi connectivity index (χ1) is 22.0. The fourth-order valence-electron chi connectivity index (χ4n) is 6.72. The van der Waals surface area contributed by atoms with Gasteiger partial charge in [0, 0.05) is 23.3 Å². The molecule has 5 aromatic rings. The van der Waals surface area contributed by atoms with E-state index < -0.39 is 17.1 Å². The van der Waals surface area contributed by atoms with E-state index in [9.17, 15) is 5.11 Å². The second-order valence-corrected chi connectivity index (χ2v) is 10.8. The topological polar surface area (TPSA) is 92.2 Å². The average Bonchev–Trinajstić information content (AvgIpc) is 3.49. The standard InChI is InChI=1S/C37H30N2O6/c1-5-20-44-35-30-31(23-12-8-6-9-13-23)37(25-16-18-26(41-2)19-17-25)36(40,32-28(43-4)21-27(42-3)22-29(32)45-37)33(30)38-34(39-35)24-14-10-7-11-15-24/h1,6-19,21-22,31,40H,20H2,2-4H3/t31-,36+,37+/m1/s1. The van der Waals surface area contributed by atoms with Crippen LogP contribution in [0.3, 0.4) is 0 Å². The zero-order valence-electron chi connectivity index (χ0n) is 25.0. The Morgan fingerprint density at radius 3 is 2.18 bits per heavy atom. The molecule has 0 spiro atoms. The largest absolute Gasteiger partial charge is 0.497 e. The molecule has 0 fully saturated rings. The highest BCUT2D eigenvalue weighted by molar-refractivity contribution is 5.71. The Morgan fingerprint density at radius 1 is 0.844 bits per heavy atom. The van der Waals surface area contributed by atoms with E-state index in [0.717, 1.165) is 11.1 Å². The number of benzene rings is 4. The molecule has 3 atom stereocenters. The van der Waals surface area contributed by atoms with Gasteiger partial charge < -0.3 is 28.8 Å². The normalized spacial score (nSPS) is 20.6. The van der Waals surface area contributed by atoms with E-state index in [-0.39, 0.29) is 12.5 Å². The summed E-state index contributed by atoms with van der Waals surface area (Å²) >= 11 is 0. The van der Waals surface area contributed by atoms with E-state index in [0.29, 0.717) is 51.2 Å². The quantitative estimate of drug-likeness (QED) is 0.223. The molecule has 8 nitrogen and oxygen atoms in total. The molecule has 0 unspecified atom stereocenters. The zero-order chi connectivity index (χ0) is 31.2. The number of hydrogen-bond donors (Lipinski definition) is 1. The van der Waals surface area contributed by atoms with Crippen LogP contribution in [0, 0.1) is 12.3 Å². The first-order valence-electron chi connectivity index (χ1n) is 14.4. The van der Waals surface area contributed by atoms with Crippen LogP contribution >= 0.6 is 0 Å². The van der Waals surface area contributed by atoms with E-state index in [2.05, 4.69) is 5.92 Å². The maximum atomic E-state index is 13.6. The molecule has 4 aromatic carbocycles. The van der Waals surface area contributed by atoms with E-state index >= 15 is 0 Å². The average molecular weight is 599 g/mol. The number of nitrogens with zero attached hydrogens (tertiary/aromatic N) is 2. The number of ether oxygens (including phenoxy) is 5. The van der Waals surface area contributed by atoms with Gasteiger partial charge in [-0.05, 0) is 17.7 Å². The molecule has 0 saturated heterocycles. The summed E-state index contributed by atoms with van der Waals surface area (Å²) in [6.45, 7) is -0.0366. The molecule has 45 heavy (non-hydrogen) atoms. The predicted molar refractivity (Wildman–Crippen MR) is 168 cm³/mol. The third-order valence-corrected chi connectivity index (χ3v) is 8.59. The Hall–Kier alpha value is -5.52. The highest BCUT2D eigenvalue weighted by Crippen LogP contribution is 2.71. The monoisotopic (exact) mass is 598 g/mol.